The van der Waals surface area contributed by atoms with Gasteiger partial charge in [0.25, 0.3) is 5.91 Å². The van der Waals surface area contributed by atoms with Gasteiger partial charge in [0.2, 0.25) is 0 Å². The summed E-state index contributed by atoms with van der Waals surface area (Å²) in [6, 6.07) is 19.0. The summed E-state index contributed by atoms with van der Waals surface area (Å²) in [6.07, 6.45) is 1.21. The molecule has 0 aliphatic heterocycles. The van der Waals surface area contributed by atoms with Crippen molar-refractivity contribution in [2.45, 2.75) is 6.92 Å². The fourth-order valence-electron chi connectivity index (χ4n) is 4.92. The first-order valence-electron chi connectivity index (χ1n) is 12.5. The number of fused-ring (bicyclic) bond motifs is 4. The van der Waals surface area contributed by atoms with Crippen molar-refractivity contribution in [1.29, 1.82) is 0 Å². The number of nitrogens with one attached hydrogen (secondary N) is 1. The number of amides is 2. The van der Waals surface area contributed by atoms with Gasteiger partial charge in [0, 0.05) is 60.7 Å². The van der Waals surface area contributed by atoms with Crippen molar-refractivity contribution < 1.29 is 14.3 Å². The highest BCUT2D eigenvalue weighted by molar-refractivity contribution is 6.17. The number of carbonyl (C=O) groups is 2. The smallest absolute Gasteiger partial charge is 0.410 e. The van der Waals surface area contributed by atoms with Gasteiger partial charge in [-0.3, -0.25) is 14.7 Å². The standard InChI is InChI=1S/C30H31N5O3/c1-19-22-13-14-31-27(29(36)32-15-16-33(2)3)24(22)18-25-23-17-21(11-12-26(23)35(5)28(19)25)38-30(37)34(4)20-9-7-6-8-10-20/h6-14,17-18H,15-16H2,1-5H3,(H,32,36). The van der Waals surface area contributed by atoms with Crippen LogP contribution < -0.4 is 15.0 Å². The van der Waals surface area contributed by atoms with Crippen LogP contribution >= 0.6 is 0 Å². The molecule has 0 unspecified atom stereocenters. The van der Waals surface area contributed by atoms with Gasteiger partial charge in [-0.2, -0.15) is 0 Å². The van der Waals surface area contributed by atoms with Crippen molar-refractivity contribution >= 4 is 50.3 Å². The van der Waals surface area contributed by atoms with Crippen LogP contribution in [0.1, 0.15) is 16.1 Å². The van der Waals surface area contributed by atoms with Gasteiger partial charge in [0.1, 0.15) is 11.4 Å². The molecule has 2 heterocycles. The summed E-state index contributed by atoms with van der Waals surface area (Å²) in [7, 11) is 7.64. The molecule has 0 bridgehead atoms. The predicted octanol–water partition coefficient (Wildman–Crippen LogP) is 5.11. The number of rotatable bonds is 6. The number of likely N-dealkylation sites (N-methyl/N-ethyl adjacent to an activating group) is 1. The number of pyridine rings is 1. The van der Waals surface area contributed by atoms with Crippen LogP contribution in [0.25, 0.3) is 32.6 Å². The van der Waals surface area contributed by atoms with Crippen molar-refractivity contribution in [2.24, 2.45) is 7.05 Å². The first-order valence-corrected chi connectivity index (χ1v) is 12.5. The van der Waals surface area contributed by atoms with E-state index in [4.69, 9.17) is 4.74 Å². The van der Waals surface area contributed by atoms with Gasteiger partial charge >= 0.3 is 6.09 Å². The predicted molar refractivity (Wildman–Crippen MR) is 152 cm³/mol. The van der Waals surface area contributed by atoms with Crippen LogP contribution in [0.5, 0.6) is 5.75 Å². The van der Waals surface area contributed by atoms with Crippen LogP contribution in [0, 0.1) is 6.92 Å². The van der Waals surface area contributed by atoms with Gasteiger partial charge in [-0.15, -0.1) is 0 Å². The maximum Gasteiger partial charge on any atom is 0.419 e. The number of aromatic nitrogens is 2. The van der Waals surface area contributed by atoms with Gasteiger partial charge in [-0.1, -0.05) is 18.2 Å². The van der Waals surface area contributed by atoms with Crippen LogP contribution in [-0.2, 0) is 7.05 Å². The van der Waals surface area contributed by atoms with E-state index in [2.05, 4.69) is 21.8 Å². The zero-order chi connectivity index (χ0) is 27.0. The number of nitrogens with zero attached hydrogens (tertiary/aromatic N) is 4. The van der Waals surface area contributed by atoms with Gasteiger partial charge in [-0.05, 0) is 74.4 Å². The van der Waals surface area contributed by atoms with Gasteiger partial charge in [0.05, 0.1) is 5.52 Å². The maximum absolute atomic E-state index is 13.1. The molecule has 8 heteroatoms. The second-order valence-electron chi connectivity index (χ2n) is 9.71. The second-order valence-corrected chi connectivity index (χ2v) is 9.71. The Labute approximate surface area is 221 Å². The molecule has 0 saturated carbocycles. The molecular formula is C30H31N5O3. The second kappa shape index (κ2) is 10.1. The van der Waals surface area contributed by atoms with Crippen molar-refractivity contribution in [3.05, 3.63) is 78.1 Å². The molecule has 0 radical (unpaired) electrons. The summed E-state index contributed by atoms with van der Waals surface area (Å²) < 4.78 is 7.87. The topological polar surface area (TPSA) is 79.7 Å². The monoisotopic (exact) mass is 509 g/mol. The number of carbonyl (C=O) groups excluding carboxylic acids is 2. The van der Waals surface area contributed by atoms with Crippen molar-refractivity contribution in [3.63, 3.8) is 0 Å². The fourth-order valence-corrected chi connectivity index (χ4v) is 4.92. The van der Waals surface area contributed by atoms with E-state index in [1.165, 1.54) is 4.90 Å². The van der Waals surface area contributed by atoms with Crippen LogP contribution in [0.15, 0.2) is 66.9 Å². The van der Waals surface area contributed by atoms with E-state index < -0.39 is 6.09 Å². The minimum atomic E-state index is -0.474. The molecule has 2 amide bonds. The molecule has 194 valence electrons. The van der Waals surface area contributed by atoms with E-state index >= 15 is 0 Å². The largest absolute Gasteiger partial charge is 0.419 e. The molecule has 0 aliphatic carbocycles. The van der Waals surface area contributed by atoms with Crippen molar-refractivity contribution in [1.82, 2.24) is 19.8 Å². The SMILES string of the molecule is Cc1c2ccnc(C(=O)NCCN(C)C)c2cc2c3cc(OC(=O)N(C)c4ccccc4)ccc3n(C)c12. The third-order valence-electron chi connectivity index (χ3n) is 6.93. The highest BCUT2D eigenvalue weighted by atomic mass is 16.6. The number of anilines is 1. The van der Waals surface area contributed by atoms with E-state index in [1.807, 2.05) is 80.6 Å². The molecule has 0 saturated heterocycles. The Hall–Kier alpha value is -4.43. The van der Waals surface area contributed by atoms with E-state index in [-0.39, 0.29) is 5.91 Å². The Balaban J connectivity index is 1.57. The van der Waals surface area contributed by atoms with E-state index in [0.717, 1.165) is 50.4 Å². The molecular weight excluding hydrogens is 478 g/mol. The number of hydrogen-bond acceptors (Lipinski definition) is 5. The molecule has 0 spiro atoms. The Kier molecular flexibility index (Phi) is 6.73. The number of para-hydroxylation sites is 1. The molecule has 38 heavy (non-hydrogen) atoms. The lowest BCUT2D eigenvalue weighted by molar-refractivity contribution is 0.0948. The average Bonchev–Trinajstić information content (AvgIpc) is 3.19. The molecule has 0 atom stereocenters. The van der Waals surface area contributed by atoms with Gasteiger partial charge < -0.3 is 19.5 Å². The van der Waals surface area contributed by atoms with E-state index in [9.17, 15) is 9.59 Å². The third-order valence-corrected chi connectivity index (χ3v) is 6.93. The van der Waals surface area contributed by atoms with E-state index in [1.54, 1.807) is 19.3 Å². The Morgan fingerprint density at radius 3 is 2.45 bits per heavy atom. The third kappa shape index (κ3) is 4.54. The van der Waals surface area contributed by atoms with Crippen LogP contribution in [-0.4, -0.2) is 60.7 Å². The summed E-state index contributed by atoms with van der Waals surface area (Å²) in [6.45, 7) is 3.34. The normalized spacial score (nSPS) is 11.4. The first-order chi connectivity index (χ1) is 18.3. The van der Waals surface area contributed by atoms with Crippen LogP contribution in [0.4, 0.5) is 10.5 Å². The molecule has 1 N–H and O–H groups in total. The summed E-state index contributed by atoms with van der Waals surface area (Å²) in [5, 5.41) is 6.65. The minimum Gasteiger partial charge on any atom is -0.410 e. The molecule has 0 aliphatic rings. The minimum absolute atomic E-state index is 0.199. The zero-order valence-electron chi connectivity index (χ0n) is 22.3. The summed E-state index contributed by atoms with van der Waals surface area (Å²) >= 11 is 0. The van der Waals surface area contributed by atoms with Crippen LogP contribution in [0.2, 0.25) is 0 Å². The average molecular weight is 510 g/mol. The molecule has 2 aromatic heterocycles. The summed E-state index contributed by atoms with van der Waals surface area (Å²) in [5.74, 6) is 0.248. The van der Waals surface area contributed by atoms with Crippen molar-refractivity contribution in [3.8, 4) is 5.75 Å². The van der Waals surface area contributed by atoms with E-state index in [0.29, 0.717) is 18.0 Å². The quantitative estimate of drug-likeness (QED) is 0.344. The van der Waals surface area contributed by atoms with Gasteiger partial charge in [-0.25, -0.2) is 4.79 Å². The molecule has 5 aromatic rings. The number of aryl methyl sites for hydroxylation is 2. The molecule has 0 fully saturated rings. The first kappa shape index (κ1) is 25.2. The lowest BCUT2D eigenvalue weighted by Crippen LogP contribution is -2.31. The lowest BCUT2D eigenvalue weighted by Gasteiger charge is -2.16. The summed E-state index contributed by atoms with van der Waals surface area (Å²) in [5.41, 5.74) is 4.26. The lowest BCUT2D eigenvalue weighted by atomic mass is 10.00. The number of benzene rings is 3. The Bertz CT molecular complexity index is 1670. The Morgan fingerprint density at radius 1 is 0.947 bits per heavy atom. The number of hydrogen-bond donors (Lipinski definition) is 1. The van der Waals surface area contributed by atoms with Gasteiger partial charge in [0.15, 0.2) is 0 Å². The fraction of sp³-hybridized carbons (Fsp3) is 0.233. The Morgan fingerprint density at radius 2 is 1.71 bits per heavy atom. The maximum atomic E-state index is 13.1. The molecule has 8 nitrogen and oxygen atoms in total. The summed E-state index contributed by atoms with van der Waals surface area (Å²) in [4.78, 5) is 33.8. The highest BCUT2D eigenvalue weighted by Crippen LogP contribution is 2.37. The number of ether oxygens (including phenoxy) is 1. The molecule has 5 rings (SSSR count). The van der Waals surface area contributed by atoms with Crippen LogP contribution in [0.3, 0.4) is 0 Å². The van der Waals surface area contributed by atoms with Crippen molar-refractivity contribution in [2.75, 3.05) is 39.1 Å². The highest BCUT2D eigenvalue weighted by Gasteiger charge is 2.19. The molecule has 3 aromatic carbocycles. The zero-order valence-corrected chi connectivity index (χ0v) is 22.3.